The van der Waals surface area contributed by atoms with Crippen LogP contribution in [-0.2, 0) is 7.05 Å². The second-order valence-corrected chi connectivity index (χ2v) is 4.66. The van der Waals surface area contributed by atoms with Gasteiger partial charge in [-0.1, -0.05) is 12.8 Å². The number of imidazole rings is 1. The Morgan fingerprint density at radius 2 is 2.40 bits per heavy atom. The number of hydrogen-bond donors (Lipinski definition) is 1. The lowest BCUT2D eigenvalue weighted by molar-refractivity contribution is 0.504. The molecule has 3 heteroatoms. The molecule has 0 bridgehead atoms. The van der Waals surface area contributed by atoms with Crippen molar-refractivity contribution in [1.82, 2.24) is 14.9 Å². The van der Waals surface area contributed by atoms with Gasteiger partial charge in [0.2, 0.25) is 0 Å². The molecule has 1 aromatic rings. The van der Waals surface area contributed by atoms with Gasteiger partial charge in [-0.25, -0.2) is 4.98 Å². The largest absolute Gasteiger partial charge is 0.337 e. The Labute approximate surface area is 91.9 Å². The third-order valence-corrected chi connectivity index (χ3v) is 3.18. The Bertz CT molecular complexity index is 302. The first-order valence-electron chi connectivity index (χ1n) is 5.98. The van der Waals surface area contributed by atoms with E-state index < -0.39 is 0 Å². The van der Waals surface area contributed by atoms with Crippen LogP contribution in [0, 0.1) is 5.92 Å². The molecule has 0 saturated heterocycles. The van der Waals surface area contributed by atoms with Gasteiger partial charge in [0.1, 0.15) is 5.82 Å². The predicted molar refractivity (Wildman–Crippen MR) is 61.6 cm³/mol. The number of nitrogens with one attached hydrogen (secondary N) is 1. The molecule has 0 aliphatic heterocycles. The molecule has 1 aliphatic carbocycles. The highest BCUT2D eigenvalue weighted by Gasteiger charge is 2.20. The quantitative estimate of drug-likeness (QED) is 0.725. The standard InChI is InChI=1S/C12H21N3/c1-10(12-14-8-9-15(12)2)13-7-3-4-11-5-6-11/h8-11,13H,3-7H2,1-2H3. The van der Waals surface area contributed by atoms with E-state index >= 15 is 0 Å². The maximum absolute atomic E-state index is 4.34. The van der Waals surface area contributed by atoms with Gasteiger partial charge in [-0.3, -0.25) is 0 Å². The molecular formula is C12H21N3. The van der Waals surface area contributed by atoms with Crippen molar-refractivity contribution < 1.29 is 0 Å². The Kier molecular flexibility index (Phi) is 3.41. The van der Waals surface area contributed by atoms with Gasteiger partial charge in [-0.2, -0.15) is 0 Å². The molecule has 1 atom stereocenters. The SMILES string of the molecule is CC(NCCCC1CC1)c1nccn1C. The van der Waals surface area contributed by atoms with Crippen molar-refractivity contribution in [2.75, 3.05) is 6.54 Å². The zero-order chi connectivity index (χ0) is 10.7. The van der Waals surface area contributed by atoms with Crippen LogP contribution in [0.3, 0.4) is 0 Å². The highest BCUT2D eigenvalue weighted by molar-refractivity contribution is 4.96. The molecule has 1 aliphatic rings. The molecule has 1 N–H and O–H groups in total. The minimum Gasteiger partial charge on any atom is -0.337 e. The fourth-order valence-electron chi connectivity index (χ4n) is 2.00. The molecule has 1 heterocycles. The van der Waals surface area contributed by atoms with E-state index in [1.807, 2.05) is 19.4 Å². The van der Waals surface area contributed by atoms with Crippen molar-refractivity contribution in [3.8, 4) is 0 Å². The van der Waals surface area contributed by atoms with E-state index in [9.17, 15) is 0 Å². The van der Waals surface area contributed by atoms with Crippen LogP contribution >= 0.6 is 0 Å². The number of aryl methyl sites for hydroxylation is 1. The van der Waals surface area contributed by atoms with Crippen LogP contribution in [-0.4, -0.2) is 16.1 Å². The molecule has 0 amide bonds. The van der Waals surface area contributed by atoms with Gasteiger partial charge in [-0.15, -0.1) is 0 Å². The fraction of sp³-hybridized carbons (Fsp3) is 0.750. The first-order chi connectivity index (χ1) is 7.27. The van der Waals surface area contributed by atoms with Crippen molar-refractivity contribution in [3.63, 3.8) is 0 Å². The molecule has 0 aromatic carbocycles. The molecule has 1 aromatic heterocycles. The van der Waals surface area contributed by atoms with Gasteiger partial charge in [-0.05, 0) is 32.2 Å². The number of aromatic nitrogens is 2. The summed E-state index contributed by atoms with van der Waals surface area (Å²) in [6.45, 7) is 3.30. The lowest BCUT2D eigenvalue weighted by Gasteiger charge is -2.13. The third-order valence-electron chi connectivity index (χ3n) is 3.18. The molecular weight excluding hydrogens is 186 g/mol. The average molecular weight is 207 g/mol. The zero-order valence-electron chi connectivity index (χ0n) is 9.74. The smallest absolute Gasteiger partial charge is 0.125 e. The van der Waals surface area contributed by atoms with Crippen LogP contribution in [0.5, 0.6) is 0 Å². The van der Waals surface area contributed by atoms with Crippen molar-refractivity contribution in [3.05, 3.63) is 18.2 Å². The Morgan fingerprint density at radius 3 is 3.00 bits per heavy atom. The average Bonchev–Trinajstić information content (AvgIpc) is 2.94. The molecule has 1 saturated carbocycles. The van der Waals surface area contributed by atoms with Crippen LogP contribution in [0.4, 0.5) is 0 Å². The normalized spacial score (nSPS) is 18.0. The fourth-order valence-corrected chi connectivity index (χ4v) is 2.00. The lowest BCUT2D eigenvalue weighted by Crippen LogP contribution is -2.22. The Balaban J connectivity index is 1.67. The van der Waals surface area contributed by atoms with Gasteiger partial charge < -0.3 is 9.88 Å². The first-order valence-corrected chi connectivity index (χ1v) is 5.98. The number of nitrogens with zero attached hydrogens (tertiary/aromatic N) is 2. The van der Waals surface area contributed by atoms with Crippen LogP contribution in [0.15, 0.2) is 12.4 Å². The Morgan fingerprint density at radius 1 is 1.60 bits per heavy atom. The van der Waals surface area contributed by atoms with Crippen LogP contribution in [0.25, 0.3) is 0 Å². The summed E-state index contributed by atoms with van der Waals surface area (Å²) >= 11 is 0. The first kappa shape index (κ1) is 10.7. The van der Waals surface area contributed by atoms with Gasteiger partial charge in [0.15, 0.2) is 0 Å². The minimum absolute atomic E-state index is 0.365. The monoisotopic (exact) mass is 207 g/mol. The van der Waals surface area contributed by atoms with E-state index in [1.54, 1.807) is 0 Å². The van der Waals surface area contributed by atoms with Crippen molar-refractivity contribution in [2.45, 2.75) is 38.6 Å². The van der Waals surface area contributed by atoms with Crippen molar-refractivity contribution in [2.24, 2.45) is 13.0 Å². The summed E-state index contributed by atoms with van der Waals surface area (Å²) in [7, 11) is 2.05. The van der Waals surface area contributed by atoms with Gasteiger partial charge in [0.25, 0.3) is 0 Å². The molecule has 3 nitrogen and oxygen atoms in total. The maximum Gasteiger partial charge on any atom is 0.125 e. The van der Waals surface area contributed by atoms with Crippen LogP contribution in [0.1, 0.15) is 44.5 Å². The summed E-state index contributed by atoms with van der Waals surface area (Å²) in [5, 5.41) is 3.53. The molecule has 15 heavy (non-hydrogen) atoms. The number of hydrogen-bond acceptors (Lipinski definition) is 2. The predicted octanol–water partition coefficient (Wildman–Crippen LogP) is 2.26. The second-order valence-electron chi connectivity index (χ2n) is 4.66. The topological polar surface area (TPSA) is 29.9 Å². The van der Waals surface area contributed by atoms with E-state index in [2.05, 4.69) is 21.8 Å². The summed E-state index contributed by atoms with van der Waals surface area (Å²) < 4.78 is 2.08. The summed E-state index contributed by atoms with van der Waals surface area (Å²) in [6, 6.07) is 0.365. The molecule has 84 valence electrons. The highest BCUT2D eigenvalue weighted by atomic mass is 15.1. The molecule has 2 rings (SSSR count). The lowest BCUT2D eigenvalue weighted by atomic mass is 10.2. The molecule has 0 spiro atoms. The zero-order valence-corrected chi connectivity index (χ0v) is 9.74. The van der Waals surface area contributed by atoms with E-state index in [0.717, 1.165) is 18.3 Å². The van der Waals surface area contributed by atoms with Gasteiger partial charge in [0.05, 0.1) is 6.04 Å². The molecule has 0 radical (unpaired) electrons. The summed E-state index contributed by atoms with van der Waals surface area (Å²) in [5.74, 6) is 2.18. The summed E-state index contributed by atoms with van der Waals surface area (Å²) in [6.07, 6.45) is 9.50. The third kappa shape index (κ3) is 3.06. The van der Waals surface area contributed by atoms with E-state index in [1.165, 1.54) is 25.7 Å². The Hall–Kier alpha value is -0.830. The highest BCUT2D eigenvalue weighted by Crippen LogP contribution is 2.33. The van der Waals surface area contributed by atoms with E-state index in [-0.39, 0.29) is 0 Å². The van der Waals surface area contributed by atoms with Crippen LogP contribution in [0.2, 0.25) is 0 Å². The van der Waals surface area contributed by atoms with Crippen molar-refractivity contribution >= 4 is 0 Å². The summed E-state index contributed by atoms with van der Waals surface area (Å²) in [5.41, 5.74) is 0. The van der Waals surface area contributed by atoms with Gasteiger partial charge in [0, 0.05) is 19.4 Å². The summed E-state index contributed by atoms with van der Waals surface area (Å²) in [4.78, 5) is 4.34. The molecule has 1 unspecified atom stereocenters. The van der Waals surface area contributed by atoms with E-state index in [4.69, 9.17) is 0 Å². The minimum atomic E-state index is 0.365. The second kappa shape index (κ2) is 4.79. The molecule has 1 fully saturated rings. The maximum atomic E-state index is 4.34. The van der Waals surface area contributed by atoms with Crippen LogP contribution < -0.4 is 5.32 Å². The van der Waals surface area contributed by atoms with E-state index in [0.29, 0.717) is 6.04 Å². The van der Waals surface area contributed by atoms with Gasteiger partial charge >= 0.3 is 0 Å². The number of rotatable bonds is 6. The van der Waals surface area contributed by atoms with Crippen molar-refractivity contribution in [1.29, 1.82) is 0 Å².